The minimum atomic E-state index is -0.368. The van der Waals surface area contributed by atoms with Crippen LogP contribution >= 0.6 is 11.3 Å². The van der Waals surface area contributed by atoms with Gasteiger partial charge in [0.15, 0.2) is 5.13 Å². The van der Waals surface area contributed by atoms with Crippen molar-refractivity contribution in [3.63, 3.8) is 0 Å². The summed E-state index contributed by atoms with van der Waals surface area (Å²) in [5.74, 6) is -0.772. The first-order valence-electron chi connectivity index (χ1n) is 10.4. The van der Waals surface area contributed by atoms with Crippen molar-refractivity contribution in [2.24, 2.45) is 0 Å². The number of nitrogens with one attached hydrogen (secondary N) is 1. The number of rotatable bonds is 4. The lowest BCUT2D eigenvalue weighted by atomic mass is 10.1. The molecule has 6 nitrogen and oxygen atoms in total. The molecule has 0 bridgehead atoms. The Labute approximate surface area is 193 Å². The van der Waals surface area contributed by atoms with Crippen LogP contribution in [0, 0.1) is 12.7 Å². The van der Waals surface area contributed by atoms with Gasteiger partial charge in [0.25, 0.3) is 11.8 Å². The van der Waals surface area contributed by atoms with Gasteiger partial charge < -0.3 is 4.90 Å². The van der Waals surface area contributed by atoms with Gasteiger partial charge in [0, 0.05) is 40.6 Å². The lowest BCUT2D eigenvalue weighted by Gasteiger charge is -2.17. The van der Waals surface area contributed by atoms with E-state index in [0.29, 0.717) is 22.8 Å². The molecule has 33 heavy (non-hydrogen) atoms. The summed E-state index contributed by atoms with van der Waals surface area (Å²) >= 11 is 1.41. The SMILES string of the molecule is Cc1sc(NC(=O)c2cccnc2)nc1-c1ccc2c(c1)CCN2C(=O)c1ccc(F)cc1. The number of anilines is 2. The number of nitrogens with zero attached hydrogens (tertiary/aromatic N) is 3. The molecular weight excluding hydrogens is 439 g/mol. The molecule has 164 valence electrons. The molecule has 0 spiro atoms. The normalized spacial score (nSPS) is 12.5. The third-order valence-corrected chi connectivity index (χ3v) is 6.41. The molecule has 1 aliphatic rings. The summed E-state index contributed by atoms with van der Waals surface area (Å²) in [7, 11) is 0. The predicted molar refractivity (Wildman–Crippen MR) is 126 cm³/mol. The standard InChI is InChI=1S/C25H19FN4O2S/c1-15-22(28-25(33-15)29-23(31)19-3-2-11-27-14-19)18-6-9-21-17(13-18)10-12-30(21)24(32)16-4-7-20(26)8-5-16/h2-9,11,13-14H,10,12H2,1H3,(H,28,29,31). The van der Waals surface area contributed by atoms with E-state index in [-0.39, 0.29) is 17.6 Å². The number of hydrogen-bond acceptors (Lipinski definition) is 5. The van der Waals surface area contributed by atoms with E-state index in [1.165, 1.54) is 41.8 Å². The molecule has 0 atom stereocenters. The molecule has 0 radical (unpaired) electrons. The van der Waals surface area contributed by atoms with Crippen LogP contribution in [-0.2, 0) is 6.42 Å². The first-order valence-corrected chi connectivity index (χ1v) is 11.2. The maximum absolute atomic E-state index is 13.2. The van der Waals surface area contributed by atoms with Gasteiger partial charge in [-0.05, 0) is 67.4 Å². The summed E-state index contributed by atoms with van der Waals surface area (Å²) in [6.45, 7) is 2.53. The molecule has 4 aromatic rings. The Bertz CT molecular complexity index is 1350. The van der Waals surface area contributed by atoms with Crippen LogP contribution in [0.1, 0.15) is 31.2 Å². The van der Waals surface area contributed by atoms with Crippen LogP contribution in [0.3, 0.4) is 0 Å². The molecule has 0 unspecified atom stereocenters. The zero-order chi connectivity index (χ0) is 22.9. The number of hydrogen-bond donors (Lipinski definition) is 1. The first kappa shape index (κ1) is 21.0. The van der Waals surface area contributed by atoms with Crippen LogP contribution in [0.5, 0.6) is 0 Å². The van der Waals surface area contributed by atoms with Crippen LogP contribution in [0.15, 0.2) is 67.0 Å². The van der Waals surface area contributed by atoms with Crippen LogP contribution in [0.4, 0.5) is 15.2 Å². The lowest BCUT2D eigenvalue weighted by Crippen LogP contribution is -2.28. The van der Waals surface area contributed by atoms with Crippen molar-refractivity contribution in [1.82, 2.24) is 9.97 Å². The summed E-state index contributed by atoms with van der Waals surface area (Å²) in [5.41, 5.74) is 4.56. The Morgan fingerprint density at radius 2 is 1.91 bits per heavy atom. The second-order valence-electron chi connectivity index (χ2n) is 7.68. The van der Waals surface area contributed by atoms with E-state index >= 15 is 0 Å². The van der Waals surface area contributed by atoms with E-state index in [0.717, 1.165) is 33.8 Å². The summed E-state index contributed by atoms with van der Waals surface area (Å²) in [6, 6.07) is 14.9. The van der Waals surface area contributed by atoms with Crippen LogP contribution in [-0.4, -0.2) is 28.3 Å². The molecule has 2 aromatic carbocycles. The smallest absolute Gasteiger partial charge is 0.259 e. The first-order chi connectivity index (χ1) is 16.0. The van der Waals surface area contributed by atoms with Crippen LogP contribution in [0.25, 0.3) is 11.3 Å². The van der Waals surface area contributed by atoms with Gasteiger partial charge in [-0.25, -0.2) is 9.37 Å². The van der Waals surface area contributed by atoms with Gasteiger partial charge in [-0.1, -0.05) is 6.07 Å². The molecule has 1 aliphatic heterocycles. The summed E-state index contributed by atoms with van der Waals surface area (Å²) in [5, 5.41) is 3.35. The van der Waals surface area contributed by atoms with Gasteiger partial charge in [-0.15, -0.1) is 11.3 Å². The molecule has 8 heteroatoms. The fraction of sp³-hybridized carbons (Fsp3) is 0.120. The number of fused-ring (bicyclic) bond motifs is 1. The Balaban J connectivity index is 1.37. The maximum atomic E-state index is 13.2. The molecule has 0 aliphatic carbocycles. The number of carbonyl (C=O) groups excluding carboxylic acids is 2. The van der Waals surface area contributed by atoms with E-state index in [1.54, 1.807) is 23.2 Å². The number of aryl methyl sites for hydroxylation is 1. The summed E-state index contributed by atoms with van der Waals surface area (Å²) < 4.78 is 13.2. The Morgan fingerprint density at radius 3 is 2.67 bits per heavy atom. The highest BCUT2D eigenvalue weighted by Gasteiger charge is 2.26. The number of thiazole rings is 1. The Hall–Kier alpha value is -3.91. The number of aromatic nitrogens is 2. The molecule has 0 fully saturated rings. The monoisotopic (exact) mass is 458 g/mol. The van der Waals surface area contributed by atoms with Crippen molar-refractivity contribution in [1.29, 1.82) is 0 Å². The zero-order valence-corrected chi connectivity index (χ0v) is 18.5. The second kappa shape index (κ2) is 8.55. The van der Waals surface area contributed by atoms with Gasteiger partial charge in [-0.3, -0.25) is 19.9 Å². The van der Waals surface area contributed by atoms with Crippen LogP contribution in [0.2, 0.25) is 0 Å². The fourth-order valence-electron chi connectivity index (χ4n) is 3.89. The summed E-state index contributed by atoms with van der Waals surface area (Å²) in [6.07, 6.45) is 3.85. The largest absolute Gasteiger partial charge is 0.308 e. The highest BCUT2D eigenvalue weighted by Crippen LogP contribution is 2.36. The van der Waals surface area contributed by atoms with E-state index in [9.17, 15) is 14.0 Å². The van der Waals surface area contributed by atoms with Crippen LogP contribution < -0.4 is 10.2 Å². The van der Waals surface area contributed by atoms with Gasteiger partial charge in [0.1, 0.15) is 5.82 Å². The molecule has 1 N–H and O–H groups in total. The van der Waals surface area contributed by atoms with Crippen molar-refractivity contribution in [2.75, 3.05) is 16.8 Å². The second-order valence-corrected chi connectivity index (χ2v) is 8.88. The number of amides is 2. The van der Waals surface area contributed by atoms with Crippen molar-refractivity contribution >= 4 is 34.0 Å². The Morgan fingerprint density at radius 1 is 1.09 bits per heavy atom. The third kappa shape index (κ3) is 4.12. The van der Waals surface area contributed by atoms with Crippen molar-refractivity contribution in [3.05, 3.63) is 94.4 Å². The van der Waals surface area contributed by atoms with E-state index in [2.05, 4.69) is 15.3 Å². The molecule has 3 heterocycles. The minimum Gasteiger partial charge on any atom is -0.308 e. The van der Waals surface area contributed by atoms with Crippen molar-refractivity contribution in [2.45, 2.75) is 13.3 Å². The number of halogens is 1. The maximum Gasteiger partial charge on any atom is 0.259 e. The van der Waals surface area contributed by atoms with Gasteiger partial charge >= 0.3 is 0 Å². The zero-order valence-electron chi connectivity index (χ0n) is 17.7. The Kier molecular flexibility index (Phi) is 5.43. The fourth-order valence-corrected chi connectivity index (χ4v) is 4.72. The number of pyridine rings is 1. The molecule has 5 rings (SSSR count). The highest BCUT2D eigenvalue weighted by atomic mass is 32.1. The third-order valence-electron chi connectivity index (χ3n) is 5.53. The molecule has 2 amide bonds. The lowest BCUT2D eigenvalue weighted by molar-refractivity contribution is 0.0987. The molecular formula is C25H19FN4O2S. The van der Waals surface area contributed by atoms with Gasteiger partial charge in [0.05, 0.1) is 11.3 Å². The predicted octanol–water partition coefficient (Wildman–Crippen LogP) is 5.11. The quantitative estimate of drug-likeness (QED) is 0.461. The van der Waals surface area contributed by atoms with Gasteiger partial charge in [-0.2, -0.15) is 0 Å². The average molecular weight is 459 g/mol. The number of benzene rings is 2. The van der Waals surface area contributed by atoms with E-state index < -0.39 is 0 Å². The average Bonchev–Trinajstić information content (AvgIpc) is 3.42. The molecule has 0 saturated carbocycles. The minimum absolute atomic E-state index is 0.147. The van der Waals surface area contributed by atoms with Crippen molar-refractivity contribution in [3.8, 4) is 11.3 Å². The van der Waals surface area contributed by atoms with Gasteiger partial charge in [0.2, 0.25) is 0 Å². The summed E-state index contributed by atoms with van der Waals surface area (Å²) in [4.78, 5) is 36.6. The highest BCUT2D eigenvalue weighted by molar-refractivity contribution is 7.16. The topological polar surface area (TPSA) is 75.2 Å². The molecule has 2 aromatic heterocycles. The number of carbonyl (C=O) groups is 2. The van der Waals surface area contributed by atoms with E-state index in [1.807, 2.05) is 25.1 Å². The van der Waals surface area contributed by atoms with E-state index in [4.69, 9.17) is 0 Å². The molecule has 0 saturated heterocycles. The van der Waals surface area contributed by atoms with Crippen molar-refractivity contribution < 1.29 is 14.0 Å².